The standard InChI is InChI=1S/C57H41N3/c1-7-22-40(23-8-1)48-36-19-20-37-49(48)51-39-50(58-57(59-51)45-32-17-6-18-33-45)46-34-21-35-47(38-46)52-53(41-24-9-2-10-25-41)55(43-28-13-4-14-29-43)60-56(44-30-15-5-16-31-44)54(52)42-26-11-3-12-27-42/h1-39,50H,(H,58,59). The Kier molecular flexibility index (Phi) is 10.0. The van der Waals surface area contributed by atoms with Gasteiger partial charge in [0, 0.05) is 44.6 Å². The van der Waals surface area contributed by atoms with Crippen LogP contribution in [0.1, 0.15) is 22.7 Å². The van der Waals surface area contributed by atoms with E-state index in [1.165, 1.54) is 5.56 Å². The Bertz CT molecular complexity index is 2860. The number of rotatable bonds is 9. The molecular formula is C57H41N3. The highest BCUT2D eigenvalue weighted by Crippen LogP contribution is 2.49. The molecule has 1 aliphatic heterocycles. The van der Waals surface area contributed by atoms with Gasteiger partial charge in [-0.15, -0.1) is 0 Å². The molecule has 9 aromatic rings. The number of nitrogens with one attached hydrogen (secondary N) is 1. The van der Waals surface area contributed by atoms with Crippen LogP contribution in [0.5, 0.6) is 0 Å². The smallest absolute Gasteiger partial charge is 0.133 e. The van der Waals surface area contributed by atoms with Gasteiger partial charge in [0.25, 0.3) is 0 Å². The van der Waals surface area contributed by atoms with Crippen molar-refractivity contribution in [1.82, 2.24) is 10.3 Å². The van der Waals surface area contributed by atoms with Crippen LogP contribution in [0.15, 0.2) is 242 Å². The topological polar surface area (TPSA) is 37.3 Å². The molecular weight excluding hydrogens is 727 g/mol. The predicted octanol–water partition coefficient (Wildman–Crippen LogP) is 14.2. The number of benzene rings is 8. The zero-order valence-electron chi connectivity index (χ0n) is 33.0. The molecule has 0 aliphatic carbocycles. The summed E-state index contributed by atoms with van der Waals surface area (Å²) in [5.41, 5.74) is 17.2. The van der Waals surface area contributed by atoms with Gasteiger partial charge in [0.2, 0.25) is 0 Å². The Balaban J connectivity index is 1.24. The average molecular weight is 768 g/mol. The summed E-state index contributed by atoms with van der Waals surface area (Å²) in [5, 5.41) is 3.76. The van der Waals surface area contributed by atoms with Gasteiger partial charge in [0.05, 0.1) is 17.4 Å². The lowest BCUT2D eigenvalue weighted by atomic mass is 9.82. The van der Waals surface area contributed by atoms with E-state index in [1.807, 2.05) is 6.07 Å². The van der Waals surface area contributed by atoms with Gasteiger partial charge in [-0.3, -0.25) is 4.99 Å². The maximum absolute atomic E-state index is 5.64. The van der Waals surface area contributed by atoms with Gasteiger partial charge in [-0.05, 0) is 45.5 Å². The first-order valence-corrected chi connectivity index (χ1v) is 20.5. The molecule has 1 N–H and O–H groups in total. The number of hydrogen-bond acceptors (Lipinski definition) is 3. The molecule has 0 amide bonds. The van der Waals surface area contributed by atoms with Gasteiger partial charge < -0.3 is 5.32 Å². The van der Waals surface area contributed by atoms with Crippen molar-refractivity contribution >= 4 is 11.5 Å². The Labute approximate surface area is 351 Å². The van der Waals surface area contributed by atoms with Gasteiger partial charge in [-0.2, -0.15) is 0 Å². The molecule has 0 saturated carbocycles. The van der Waals surface area contributed by atoms with Crippen molar-refractivity contribution in [3.8, 4) is 67.0 Å². The summed E-state index contributed by atoms with van der Waals surface area (Å²) < 4.78 is 0. The van der Waals surface area contributed by atoms with Crippen molar-refractivity contribution in [3.63, 3.8) is 0 Å². The minimum Gasteiger partial charge on any atom is -0.340 e. The fourth-order valence-corrected chi connectivity index (χ4v) is 8.33. The van der Waals surface area contributed by atoms with E-state index in [0.717, 1.165) is 89.7 Å². The largest absolute Gasteiger partial charge is 0.340 e. The van der Waals surface area contributed by atoms with Crippen LogP contribution in [0.2, 0.25) is 0 Å². The molecule has 0 fully saturated rings. The van der Waals surface area contributed by atoms with Crippen molar-refractivity contribution < 1.29 is 0 Å². The molecule has 2 heterocycles. The minimum absolute atomic E-state index is 0.274. The molecule has 8 aromatic carbocycles. The summed E-state index contributed by atoms with van der Waals surface area (Å²) in [6, 6.07) is 81.0. The number of hydrogen-bond donors (Lipinski definition) is 1. The number of aliphatic imine (C=N–C) groups is 1. The van der Waals surface area contributed by atoms with Gasteiger partial charge in [-0.25, -0.2) is 4.98 Å². The first kappa shape index (κ1) is 36.5. The first-order valence-electron chi connectivity index (χ1n) is 20.5. The molecule has 0 spiro atoms. The Morgan fingerprint density at radius 1 is 0.333 bits per heavy atom. The fourth-order valence-electron chi connectivity index (χ4n) is 8.33. The molecule has 0 saturated heterocycles. The molecule has 1 aromatic heterocycles. The lowest BCUT2D eigenvalue weighted by Crippen LogP contribution is -2.27. The summed E-state index contributed by atoms with van der Waals surface area (Å²) in [7, 11) is 0. The Hall–Kier alpha value is -7.88. The second-order valence-electron chi connectivity index (χ2n) is 14.9. The van der Waals surface area contributed by atoms with Gasteiger partial charge in [0.15, 0.2) is 0 Å². The molecule has 3 heteroatoms. The van der Waals surface area contributed by atoms with E-state index in [9.17, 15) is 0 Å². The molecule has 0 bridgehead atoms. The zero-order valence-corrected chi connectivity index (χ0v) is 33.0. The summed E-state index contributed by atoms with van der Waals surface area (Å²) in [6.45, 7) is 0. The number of nitrogens with zero attached hydrogens (tertiary/aromatic N) is 2. The summed E-state index contributed by atoms with van der Waals surface area (Å²) in [4.78, 5) is 11.1. The first-order chi connectivity index (χ1) is 29.8. The normalized spacial score (nSPS) is 13.5. The predicted molar refractivity (Wildman–Crippen MR) is 250 cm³/mol. The second kappa shape index (κ2) is 16.5. The van der Waals surface area contributed by atoms with E-state index in [-0.39, 0.29) is 6.04 Å². The lowest BCUT2D eigenvalue weighted by molar-refractivity contribution is 0.881. The number of aromatic nitrogens is 1. The average Bonchev–Trinajstić information content (AvgIpc) is 3.35. The van der Waals surface area contributed by atoms with Crippen LogP contribution in [-0.2, 0) is 0 Å². The third-order valence-corrected chi connectivity index (χ3v) is 11.1. The van der Waals surface area contributed by atoms with Crippen LogP contribution in [0.3, 0.4) is 0 Å². The van der Waals surface area contributed by atoms with Gasteiger partial charge >= 0.3 is 0 Å². The highest BCUT2D eigenvalue weighted by molar-refractivity contribution is 6.07. The maximum Gasteiger partial charge on any atom is 0.133 e. The maximum atomic E-state index is 5.64. The zero-order chi connectivity index (χ0) is 40.1. The third kappa shape index (κ3) is 7.25. The monoisotopic (exact) mass is 767 g/mol. The molecule has 3 nitrogen and oxygen atoms in total. The molecule has 1 aliphatic rings. The van der Waals surface area contributed by atoms with E-state index in [2.05, 4.69) is 236 Å². The SMILES string of the molecule is C1=C(c2ccccc2-c2ccccc2)NC(c2ccccc2)=NC1c1cccc(-c2c(-c3ccccc3)c(-c3ccccc3)nc(-c3ccccc3)c2-c2ccccc2)c1. The lowest BCUT2D eigenvalue weighted by Gasteiger charge is -2.26. The molecule has 0 radical (unpaired) electrons. The van der Waals surface area contributed by atoms with E-state index in [0.29, 0.717) is 0 Å². The van der Waals surface area contributed by atoms with Crippen molar-refractivity contribution in [3.05, 3.63) is 253 Å². The second-order valence-corrected chi connectivity index (χ2v) is 14.9. The molecule has 1 atom stereocenters. The van der Waals surface area contributed by atoms with Gasteiger partial charge in [0.1, 0.15) is 5.84 Å². The van der Waals surface area contributed by atoms with E-state index in [1.54, 1.807) is 0 Å². The quantitative estimate of drug-likeness (QED) is 0.159. The van der Waals surface area contributed by atoms with E-state index < -0.39 is 0 Å². The van der Waals surface area contributed by atoms with Gasteiger partial charge in [-0.1, -0.05) is 224 Å². The van der Waals surface area contributed by atoms with Crippen LogP contribution in [0.25, 0.3) is 72.7 Å². The van der Waals surface area contributed by atoms with Crippen molar-refractivity contribution in [2.45, 2.75) is 6.04 Å². The molecule has 10 rings (SSSR count). The molecule has 284 valence electrons. The molecule has 60 heavy (non-hydrogen) atoms. The Morgan fingerprint density at radius 2 is 0.750 bits per heavy atom. The van der Waals surface area contributed by atoms with Crippen LogP contribution < -0.4 is 5.32 Å². The number of pyridine rings is 1. The van der Waals surface area contributed by atoms with Crippen LogP contribution >= 0.6 is 0 Å². The van der Waals surface area contributed by atoms with Crippen LogP contribution in [-0.4, -0.2) is 10.8 Å². The summed E-state index contributed by atoms with van der Waals surface area (Å²) in [6.07, 6.45) is 2.28. The van der Waals surface area contributed by atoms with Crippen molar-refractivity contribution in [2.75, 3.05) is 0 Å². The van der Waals surface area contributed by atoms with E-state index in [4.69, 9.17) is 9.98 Å². The molecule has 1 unspecified atom stereocenters. The van der Waals surface area contributed by atoms with Crippen molar-refractivity contribution in [1.29, 1.82) is 0 Å². The summed E-state index contributed by atoms with van der Waals surface area (Å²) >= 11 is 0. The summed E-state index contributed by atoms with van der Waals surface area (Å²) in [5.74, 6) is 0.836. The minimum atomic E-state index is -0.274. The van der Waals surface area contributed by atoms with E-state index >= 15 is 0 Å². The fraction of sp³-hybridized carbons (Fsp3) is 0.0175. The third-order valence-electron chi connectivity index (χ3n) is 11.1. The van der Waals surface area contributed by atoms with Crippen LogP contribution in [0, 0.1) is 0 Å². The van der Waals surface area contributed by atoms with Crippen molar-refractivity contribution in [2.24, 2.45) is 4.99 Å². The highest BCUT2D eigenvalue weighted by atomic mass is 15.0. The Morgan fingerprint density at radius 3 is 1.27 bits per heavy atom. The highest BCUT2D eigenvalue weighted by Gasteiger charge is 2.27. The van der Waals surface area contributed by atoms with Crippen LogP contribution in [0.4, 0.5) is 0 Å². The number of amidine groups is 1.